The van der Waals surface area contributed by atoms with Crippen LogP contribution in [0.1, 0.15) is 33.6 Å². The Morgan fingerprint density at radius 2 is 1.95 bits per heavy atom. The second-order valence-electron chi connectivity index (χ2n) is 5.73. The number of hydrogen-bond acceptors (Lipinski definition) is 5. The van der Waals surface area contributed by atoms with Gasteiger partial charge in [-0.15, -0.1) is 0 Å². The van der Waals surface area contributed by atoms with Gasteiger partial charge in [0.1, 0.15) is 12.0 Å². The van der Waals surface area contributed by atoms with Crippen LogP contribution in [0.25, 0.3) is 0 Å². The van der Waals surface area contributed by atoms with E-state index < -0.39 is 17.5 Å². The van der Waals surface area contributed by atoms with Gasteiger partial charge in [-0.2, -0.15) is 0 Å². The van der Waals surface area contributed by atoms with E-state index in [-0.39, 0.29) is 18.6 Å². The van der Waals surface area contributed by atoms with Crippen LogP contribution in [-0.2, 0) is 19.1 Å². The van der Waals surface area contributed by atoms with Crippen molar-refractivity contribution in [3.05, 3.63) is 0 Å². The molecule has 0 radical (unpaired) electrons. The van der Waals surface area contributed by atoms with Gasteiger partial charge in [0.15, 0.2) is 0 Å². The first-order valence-corrected chi connectivity index (χ1v) is 6.55. The van der Waals surface area contributed by atoms with Gasteiger partial charge >= 0.3 is 12.1 Å². The summed E-state index contributed by atoms with van der Waals surface area (Å²) >= 11 is 0. The smallest absolute Gasteiger partial charge is 0.410 e. The van der Waals surface area contributed by atoms with Crippen molar-refractivity contribution in [1.29, 1.82) is 0 Å². The van der Waals surface area contributed by atoms with Crippen LogP contribution in [0.5, 0.6) is 0 Å². The minimum absolute atomic E-state index is 0.153. The van der Waals surface area contributed by atoms with E-state index in [1.165, 1.54) is 7.11 Å². The summed E-state index contributed by atoms with van der Waals surface area (Å²) in [6, 6.07) is -0.153. The van der Waals surface area contributed by atoms with E-state index in [9.17, 15) is 14.4 Å². The van der Waals surface area contributed by atoms with Gasteiger partial charge in [-0.25, -0.2) is 4.79 Å². The van der Waals surface area contributed by atoms with E-state index in [0.29, 0.717) is 19.5 Å². The summed E-state index contributed by atoms with van der Waals surface area (Å²) in [5.41, 5.74) is -0.538. The number of ether oxygens (including phenoxy) is 2. The summed E-state index contributed by atoms with van der Waals surface area (Å²) in [6.45, 7) is 6.32. The Hall–Kier alpha value is -1.79. The van der Waals surface area contributed by atoms with Crippen molar-refractivity contribution in [2.45, 2.75) is 45.3 Å². The molecule has 1 N–H and O–H groups in total. The van der Waals surface area contributed by atoms with E-state index in [4.69, 9.17) is 4.74 Å². The summed E-state index contributed by atoms with van der Waals surface area (Å²) in [5, 5.41) is 2.70. The molecule has 1 fully saturated rings. The molecule has 0 aromatic rings. The summed E-state index contributed by atoms with van der Waals surface area (Å²) in [7, 11) is 1.23. The highest BCUT2D eigenvalue weighted by atomic mass is 16.6. The van der Waals surface area contributed by atoms with Crippen molar-refractivity contribution in [1.82, 2.24) is 10.2 Å². The largest absolute Gasteiger partial charge is 0.469 e. The zero-order valence-corrected chi connectivity index (χ0v) is 12.4. The van der Waals surface area contributed by atoms with Crippen LogP contribution in [-0.4, -0.2) is 54.7 Å². The van der Waals surface area contributed by atoms with Crippen molar-refractivity contribution in [2.24, 2.45) is 0 Å². The van der Waals surface area contributed by atoms with E-state index in [0.717, 1.165) is 0 Å². The zero-order valence-electron chi connectivity index (χ0n) is 12.4. The second-order valence-corrected chi connectivity index (χ2v) is 5.73. The summed E-state index contributed by atoms with van der Waals surface area (Å²) in [5.74, 6) is -0.975. The monoisotopic (exact) mass is 286 g/mol. The molecule has 1 unspecified atom stereocenters. The Morgan fingerprint density at radius 3 is 2.50 bits per heavy atom. The molecule has 1 atom stereocenters. The minimum Gasteiger partial charge on any atom is -0.469 e. The van der Waals surface area contributed by atoms with E-state index in [1.807, 2.05) is 0 Å². The SMILES string of the molecule is COC(=O)CC(=O)NC1CCN(C(=O)OC(C)(C)C)C1. The molecule has 1 rings (SSSR count). The van der Waals surface area contributed by atoms with E-state index >= 15 is 0 Å². The summed E-state index contributed by atoms with van der Waals surface area (Å²) in [4.78, 5) is 35.9. The number of nitrogens with zero attached hydrogens (tertiary/aromatic N) is 1. The molecule has 0 aliphatic carbocycles. The van der Waals surface area contributed by atoms with Gasteiger partial charge in [0.25, 0.3) is 0 Å². The molecule has 0 aromatic carbocycles. The first-order valence-electron chi connectivity index (χ1n) is 6.55. The average Bonchev–Trinajstić information content (AvgIpc) is 2.74. The maximum absolute atomic E-state index is 11.8. The molecule has 0 spiro atoms. The van der Waals surface area contributed by atoms with Crippen LogP contribution in [0, 0.1) is 0 Å². The second kappa shape index (κ2) is 6.58. The lowest BCUT2D eigenvalue weighted by atomic mass is 10.2. The summed E-state index contributed by atoms with van der Waals surface area (Å²) in [6.07, 6.45) is -0.0480. The van der Waals surface area contributed by atoms with Gasteiger partial charge < -0.3 is 19.7 Å². The molecule has 7 nitrogen and oxygen atoms in total. The third-order valence-corrected chi connectivity index (χ3v) is 2.74. The minimum atomic E-state index is -0.579. The van der Waals surface area contributed by atoms with Crippen molar-refractivity contribution >= 4 is 18.0 Å². The van der Waals surface area contributed by atoms with Crippen LogP contribution in [0.15, 0.2) is 0 Å². The number of likely N-dealkylation sites (tertiary alicyclic amines) is 1. The first-order chi connectivity index (χ1) is 9.21. The molecule has 0 aromatic heterocycles. The number of methoxy groups -OCH3 is 1. The molecule has 1 aliphatic rings. The molecule has 7 heteroatoms. The Labute approximate surface area is 118 Å². The van der Waals surface area contributed by atoms with Gasteiger partial charge in [-0.05, 0) is 27.2 Å². The molecule has 20 heavy (non-hydrogen) atoms. The Bertz CT molecular complexity index is 389. The highest BCUT2D eigenvalue weighted by Gasteiger charge is 2.30. The lowest BCUT2D eigenvalue weighted by Crippen LogP contribution is -2.40. The lowest BCUT2D eigenvalue weighted by molar-refractivity contribution is -0.143. The third kappa shape index (κ3) is 5.46. The quantitative estimate of drug-likeness (QED) is 0.609. The fourth-order valence-electron chi connectivity index (χ4n) is 1.85. The Kier molecular flexibility index (Phi) is 5.35. The number of carbonyl (C=O) groups excluding carboxylic acids is 3. The lowest BCUT2D eigenvalue weighted by Gasteiger charge is -2.24. The fourth-order valence-corrected chi connectivity index (χ4v) is 1.85. The van der Waals surface area contributed by atoms with Gasteiger partial charge in [0, 0.05) is 19.1 Å². The summed E-state index contributed by atoms with van der Waals surface area (Å²) < 4.78 is 9.67. The molecule has 2 amide bonds. The molecule has 1 saturated heterocycles. The van der Waals surface area contributed by atoms with Crippen molar-refractivity contribution in [3.63, 3.8) is 0 Å². The van der Waals surface area contributed by atoms with Crippen LogP contribution in [0.3, 0.4) is 0 Å². The molecule has 1 heterocycles. The maximum atomic E-state index is 11.8. The van der Waals surface area contributed by atoms with Gasteiger partial charge in [0.2, 0.25) is 5.91 Å². The predicted molar refractivity (Wildman–Crippen MR) is 71.0 cm³/mol. The van der Waals surface area contributed by atoms with Gasteiger partial charge in [-0.1, -0.05) is 0 Å². The molecular weight excluding hydrogens is 264 g/mol. The third-order valence-electron chi connectivity index (χ3n) is 2.74. The molecule has 0 bridgehead atoms. The number of hydrogen-bond donors (Lipinski definition) is 1. The van der Waals surface area contributed by atoms with Crippen LogP contribution >= 0.6 is 0 Å². The number of esters is 1. The number of carbonyl (C=O) groups is 3. The molecule has 1 aliphatic heterocycles. The van der Waals surface area contributed by atoms with Crippen molar-refractivity contribution in [2.75, 3.05) is 20.2 Å². The standard InChI is InChI=1S/C13H22N2O5/c1-13(2,3)20-12(18)15-6-5-9(8-15)14-10(16)7-11(17)19-4/h9H,5-8H2,1-4H3,(H,14,16). The van der Waals surface area contributed by atoms with Crippen LogP contribution < -0.4 is 5.32 Å². The molecule has 114 valence electrons. The first kappa shape index (κ1) is 16.3. The maximum Gasteiger partial charge on any atom is 0.410 e. The molecule has 0 saturated carbocycles. The van der Waals surface area contributed by atoms with Crippen LogP contribution in [0.4, 0.5) is 4.79 Å². The number of nitrogens with one attached hydrogen (secondary N) is 1. The zero-order chi connectivity index (χ0) is 15.3. The highest BCUT2D eigenvalue weighted by Crippen LogP contribution is 2.15. The predicted octanol–water partition coefficient (Wildman–Crippen LogP) is 0.675. The topological polar surface area (TPSA) is 84.9 Å². The number of amides is 2. The van der Waals surface area contributed by atoms with E-state index in [1.54, 1.807) is 25.7 Å². The Balaban J connectivity index is 2.38. The van der Waals surface area contributed by atoms with Crippen LogP contribution in [0.2, 0.25) is 0 Å². The van der Waals surface area contributed by atoms with Gasteiger partial charge in [0.05, 0.1) is 7.11 Å². The van der Waals surface area contributed by atoms with E-state index in [2.05, 4.69) is 10.1 Å². The average molecular weight is 286 g/mol. The normalized spacial score (nSPS) is 18.6. The fraction of sp³-hybridized carbons (Fsp3) is 0.769. The molecular formula is C13H22N2O5. The van der Waals surface area contributed by atoms with Crippen molar-refractivity contribution in [3.8, 4) is 0 Å². The van der Waals surface area contributed by atoms with Gasteiger partial charge in [-0.3, -0.25) is 9.59 Å². The van der Waals surface area contributed by atoms with Crippen molar-refractivity contribution < 1.29 is 23.9 Å². The highest BCUT2D eigenvalue weighted by molar-refractivity contribution is 5.94. The Morgan fingerprint density at radius 1 is 1.30 bits per heavy atom. The number of rotatable bonds is 3.